The van der Waals surface area contributed by atoms with Crippen molar-refractivity contribution >= 4 is 5.95 Å². The Labute approximate surface area is 114 Å². The van der Waals surface area contributed by atoms with E-state index in [1.54, 1.807) is 0 Å². The lowest BCUT2D eigenvalue weighted by Gasteiger charge is -2.13. The van der Waals surface area contributed by atoms with Crippen molar-refractivity contribution in [3.05, 3.63) is 47.5 Å². The number of nitrogens with one attached hydrogen (secondary N) is 1. The van der Waals surface area contributed by atoms with Gasteiger partial charge in [0.25, 0.3) is 0 Å². The molecular weight excluding hydrogens is 236 g/mol. The van der Waals surface area contributed by atoms with Crippen LogP contribution in [-0.4, -0.2) is 21.0 Å². The van der Waals surface area contributed by atoms with Crippen LogP contribution < -0.4 is 5.32 Å². The summed E-state index contributed by atoms with van der Waals surface area (Å²) < 4.78 is 0. The first-order chi connectivity index (χ1) is 9.17. The Morgan fingerprint density at radius 1 is 1.21 bits per heavy atom. The Morgan fingerprint density at radius 3 is 2.58 bits per heavy atom. The Kier molecular flexibility index (Phi) is 4.44. The van der Waals surface area contributed by atoms with Gasteiger partial charge in [-0.3, -0.25) is 4.98 Å². The van der Waals surface area contributed by atoms with Gasteiger partial charge in [0.2, 0.25) is 5.95 Å². The SMILES string of the molecule is CCc1cnc(NC(C)Cc2cccc(C)n2)nc1. The maximum atomic E-state index is 4.50. The van der Waals surface area contributed by atoms with Gasteiger partial charge in [-0.25, -0.2) is 9.97 Å². The van der Waals surface area contributed by atoms with Crippen LogP contribution in [0.3, 0.4) is 0 Å². The largest absolute Gasteiger partial charge is 0.351 e. The second-order valence-corrected chi connectivity index (χ2v) is 4.79. The van der Waals surface area contributed by atoms with Crippen molar-refractivity contribution in [2.75, 3.05) is 5.32 Å². The van der Waals surface area contributed by atoms with Gasteiger partial charge in [-0.15, -0.1) is 0 Å². The summed E-state index contributed by atoms with van der Waals surface area (Å²) >= 11 is 0. The van der Waals surface area contributed by atoms with E-state index < -0.39 is 0 Å². The van der Waals surface area contributed by atoms with E-state index in [-0.39, 0.29) is 6.04 Å². The van der Waals surface area contributed by atoms with Crippen molar-refractivity contribution in [1.29, 1.82) is 0 Å². The number of pyridine rings is 1. The van der Waals surface area contributed by atoms with E-state index in [9.17, 15) is 0 Å². The molecule has 0 fully saturated rings. The average molecular weight is 256 g/mol. The summed E-state index contributed by atoms with van der Waals surface area (Å²) in [7, 11) is 0. The van der Waals surface area contributed by atoms with Gasteiger partial charge in [-0.05, 0) is 38.0 Å². The first-order valence-electron chi connectivity index (χ1n) is 6.67. The van der Waals surface area contributed by atoms with Crippen LogP contribution in [0.4, 0.5) is 5.95 Å². The Bertz CT molecular complexity index is 522. The monoisotopic (exact) mass is 256 g/mol. The van der Waals surface area contributed by atoms with Crippen molar-refractivity contribution in [3.8, 4) is 0 Å². The van der Waals surface area contributed by atoms with E-state index in [1.165, 1.54) is 0 Å². The molecule has 100 valence electrons. The molecule has 0 aromatic carbocycles. The molecule has 0 aliphatic rings. The van der Waals surface area contributed by atoms with Crippen molar-refractivity contribution in [1.82, 2.24) is 15.0 Å². The van der Waals surface area contributed by atoms with Crippen molar-refractivity contribution < 1.29 is 0 Å². The average Bonchev–Trinajstić information content (AvgIpc) is 2.39. The summed E-state index contributed by atoms with van der Waals surface area (Å²) in [5.74, 6) is 0.678. The predicted molar refractivity (Wildman–Crippen MR) is 77.2 cm³/mol. The molecule has 2 aromatic heterocycles. The molecule has 1 unspecified atom stereocenters. The van der Waals surface area contributed by atoms with Gasteiger partial charge in [-0.2, -0.15) is 0 Å². The Balaban J connectivity index is 1.95. The summed E-state index contributed by atoms with van der Waals surface area (Å²) in [5.41, 5.74) is 3.29. The maximum Gasteiger partial charge on any atom is 0.222 e. The molecule has 4 nitrogen and oxygen atoms in total. The molecule has 19 heavy (non-hydrogen) atoms. The molecule has 0 bridgehead atoms. The number of hydrogen-bond donors (Lipinski definition) is 1. The van der Waals surface area contributed by atoms with E-state index >= 15 is 0 Å². The highest BCUT2D eigenvalue weighted by Crippen LogP contribution is 2.07. The fourth-order valence-corrected chi connectivity index (χ4v) is 1.91. The minimum absolute atomic E-state index is 0.252. The molecule has 0 spiro atoms. The molecule has 2 rings (SSSR count). The fourth-order valence-electron chi connectivity index (χ4n) is 1.91. The van der Waals surface area contributed by atoms with E-state index in [0.29, 0.717) is 5.95 Å². The summed E-state index contributed by atoms with van der Waals surface area (Å²) in [6, 6.07) is 6.35. The molecule has 4 heteroatoms. The maximum absolute atomic E-state index is 4.50. The summed E-state index contributed by atoms with van der Waals surface area (Å²) in [6.45, 7) is 6.22. The van der Waals surface area contributed by atoms with Gasteiger partial charge in [0.05, 0.1) is 0 Å². The Morgan fingerprint density at radius 2 is 1.95 bits per heavy atom. The van der Waals surface area contributed by atoms with Crippen LogP contribution in [0.15, 0.2) is 30.6 Å². The zero-order chi connectivity index (χ0) is 13.7. The number of rotatable bonds is 5. The third-order valence-electron chi connectivity index (χ3n) is 2.95. The number of aromatic nitrogens is 3. The van der Waals surface area contributed by atoms with Gasteiger partial charge >= 0.3 is 0 Å². The molecule has 0 radical (unpaired) electrons. The first kappa shape index (κ1) is 13.5. The van der Waals surface area contributed by atoms with E-state index in [2.05, 4.69) is 34.1 Å². The molecule has 0 saturated heterocycles. The standard InChI is InChI=1S/C15H20N4/c1-4-13-9-16-15(17-10-13)19-12(3)8-14-7-5-6-11(2)18-14/h5-7,9-10,12H,4,8H2,1-3H3,(H,16,17,19). The molecule has 1 atom stereocenters. The molecular formula is C15H20N4. The normalized spacial score (nSPS) is 12.2. The summed E-state index contributed by atoms with van der Waals surface area (Å²) in [4.78, 5) is 13.1. The molecule has 0 aliphatic carbocycles. The minimum Gasteiger partial charge on any atom is -0.351 e. The van der Waals surface area contributed by atoms with Crippen LogP contribution >= 0.6 is 0 Å². The fraction of sp³-hybridized carbons (Fsp3) is 0.400. The second-order valence-electron chi connectivity index (χ2n) is 4.79. The number of aryl methyl sites for hydroxylation is 2. The third-order valence-corrected chi connectivity index (χ3v) is 2.95. The predicted octanol–water partition coefficient (Wildman–Crippen LogP) is 2.79. The third kappa shape index (κ3) is 4.02. The zero-order valence-corrected chi connectivity index (χ0v) is 11.7. The van der Waals surface area contributed by atoms with E-state index in [1.807, 2.05) is 37.5 Å². The second kappa shape index (κ2) is 6.27. The van der Waals surface area contributed by atoms with Crippen LogP contribution in [0.5, 0.6) is 0 Å². The first-order valence-corrected chi connectivity index (χ1v) is 6.67. The zero-order valence-electron chi connectivity index (χ0n) is 11.7. The van der Waals surface area contributed by atoms with Gasteiger partial charge in [-0.1, -0.05) is 13.0 Å². The molecule has 2 heterocycles. The number of anilines is 1. The Hall–Kier alpha value is -1.97. The minimum atomic E-state index is 0.252. The topological polar surface area (TPSA) is 50.7 Å². The van der Waals surface area contributed by atoms with Gasteiger partial charge in [0, 0.05) is 36.2 Å². The molecule has 0 aliphatic heterocycles. The smallest absolute Gasteiger partial charge is 0.222 e. The van der Waals surface area contributed by atoms with Crippen LogP contribution in [0.1, 0.15) is 30.8 Å². The van der Waals surface area contributed by atoms with E-state index in [4.69, 9.17) is 0 Å². The molecule has 0 amide bonds. The lowest BCUT2D eigenvalue weighted by atomic mass is 10.1. The molecule has 0 saturated carbocycles. The summed E-state index contributed by atoms with van der Waals surface area (Å²) in [6.07, 6.45) is 5.56. The van der Waals surface area contributed by atoms with Gasteiger partial charge < -0.3 is 5.32 Å². The lowest BCUT2D eigenvalue weighted by Crippen LogP contribution is -2.20. The van der Waals surface area contributed by atoms with Gasteiger partial charge in [0.1, 0.15) is 0 Å². The van der Waals surface area contributed by atoms with Crippen LogP contribution in [0, 0.1) is 6.92 Å². The van der Waals surface area contributed by atoms with E-state index in [0.717, 1.165) is 29.8 Å². The molecule has 1 N–H and O–H groups in total. The van der Waals surface area contributed by atoms with Crippen LogP contribution in [-0.2, 0) is 12.8 Å². The highest BCUT2D eigenvalue weighted by atomic mass is 15.1. The quantitative estimate of drug-likeness (QED) is 0.893. The number of nitrogens with zero attached hydrogens (tertiary/aromatic N) is 3. The number of hydrogen-bond acceptors (Lipinski definition) is 4. The highest BCUT2D eigenvalue weighted by Gasteiger charge is 2.06. The molecule has 2 aromatic rings. The summed E-state index contributed by atoms with van der Waals surface area (Å²) in [5, 5.41) is 3.30. The van der Waals surface area contributed by atoms with Crippen LogP contribution in [0.2, 0.25) is 0 Å². The van der Waals surface area contributed by atoms with Crippen molar-refractivity contribution in [2.24, 2.45) is 0 Å². The van der Waals surface area contributed by atoms with Crippen molar-refractivity contribution in [3.63, 3.8) is 0 Å². The highest BCUT2D eigenvalue weighted by molar-refractivity contribution is 5.27. The van der Waals surface area contributed by atoms with Crippen molar-refractivity contribution in [2.45, 2.75) is 39.7 Å². The lowest BCUT2D eigenvalue weighted by molar-refractivity contribution is 0.755. The van der Waals surface area contributed by atoms with Crippen LogP contribution in [0.25, 0.3) is 0 Å². The van der Waals surface area contributed by atoms with Gasteiger partial charge in [0.15, 0.2) is 0 Å².